The van der Waals surface area contributed by atoms with E-state index in [2.05, 4.69) is 25.2 Å². The monoisotopic (exact) mass is 290 g/mol. The lowest BCUT2D eigenvalue weighted by Crippen LogP contribution is -2.46. The van der Waals surface area contributed by atoms with Crippen LogP contribution in [0.5, 0.6) is 0 Å². The summed E-state index contributed by atoms with van der Waals surface area (Å²) < 4.78 is 1.79. The lowest BCUT2D eigenvalue weighted by molar-refractivity contribution is -0.0417. The number of imidazole rings is 1. The minimum absolute atomic E-state index is 0.250. The van der Waals surface area contributed by atoms with Gasteiger partial charge in [0.15, 0.2) is 0 Å². The Hall–Kier alpha value is -1.73. The van der Waals surface area contributed by atoms with Crippen LogP contribution < -0.4 is 0 Å². The molecule has 2 aromatic rings. The van der Waals surface area contributed by atoms with Crippen molar-refractivity contribution in [1.29, 1.82) is 0 Å². The van der Waals surface area contributed by atoms with E-state index in [1.807, 2.05) is 26.2 Å². The quantitative estimate of drug-likeness (QED) is 0.880. The smallest absolute Gasteiger partial charge is 0.123 e. The molecule has 1 aliphatic heterocycles. The minimum atomic E-state index is -0.911. The third kappa shape index (κ3) is 2.98. The zero-order valence-electron chi connectivity index (χ0n) is 12.5. The lowest BCUT2D eigenvalue weighted by Gasteiger charge is -2.37. The average molecular weight is 290 g/mol. The highest BCUT2D eigenvalue weighted by Crippen LogP contribution is 2.30. The first kappa shape index (κ1) is 14.2. The van der Waals surface area contributed by atoms with E-state index in [9.17, 15) is 5.11 Å². The van der Waals surface area contributed by atoms with Crippen LogP contribution in [0.4, 0.5) is 0 Å². The molecular weight excluding hydrogens is 268 g/mol. The molecule has 0 amide bonds. The number of hydrogen-bond donors (Lipinski definition) is 2. The standard InChI is InChI=1S/C14H22N6O/c1-11(2)20-8-13(17-18-20)14(21)4-3-5-19(9-14)7-12-6-15-10-16-12/h6,8,10-11,21H,3-5,7,9H2,1-2H3,(H,15,16)/t14-/m1/s1. The number of β-amino-alcohol motifs (C(OH)–C–C–N with tert-alkyl or cyclic N) is 1. The molecule has 21 heavy (non-hydrogen) atoms. The molecule has 1 aliphatic rings. The molecule has 1 fully saturated rings. The molecule has 0 spiro atoms. The Morgan fingerprint density at radius 3 is 3.00 bits per heavy atom. The fraction of sp³-hybridized carbons (Fsp3) is 0.643. The Balaban J connectivity index is 1.73. The van der Waals surface area contributed by atoms with E-state index in [0.717, 1.165) is 31.6 Å². The summed E-state index contributed by atoms with van der Waals surface area (Å²) in [4.78, 5) is 9.37. The number of aliphatic hydroxyl groups is 1. The molecule has 7 nitrogen and oxygen atoms in total. The third-order valence-corrected chi connectivity index (χ3v) is 4.01. The summed E-state index contributed by atoms with van der Waals surface area (Å²) in [5, 5.41) is 19.2. The molecule has 2 N–H and O–H groups in total. The molecule has 3 heterocycles. The van der Waals surface area contributed by atoms with Crippen LogP contribution in [0.3, 0.4) is 0 Å². The second-order valence-corrected chi connectivity index (χ2v) is 6.10. The summed E-state index contributed by atoms with van der Waals surface area (Å²) in [5.74, 6) is 0. The van der Waals surface area contributed by atoms with Gasteiger partial charge in [-0.2, -0.15) is 0 Å². The van der Waals surface area contributed by atoms with E-state index in [-0.39, 0.29) is 6.04 Å². The van der Waals surface area contributed by atoms with Gasteiger partial charge < -0.3 is 10.1 Å². The van der Waals surface area contributed by atoms with Crippen molar-refractivity contribution in [2.75, 3.05) is 13.1 Å². The van der Waals surface area contributed by atoms with Gasteiger partial charge in [0.1, 0.15) is 11.3 Å². The number of aromatic amines is 1. The van der Waals surface area contributed by atoms with Crippen LogP contribution in [0.2, 0.25) is 0 Å². The number of H-pyrrole nitrogens is 1. The zero-order valence-corrected chi connectivity index (χ0v) is 12.5. The molecular formula is C14H22N6O. The maximum Gasteiger partial charge on any atom is 0.123 e. The number of hydrogen-bond acceptors (Lipinski definition) is 5. The van der Waals surface area contributed by atoms with Crippen molar-refractivity contribution in [2.24, 2.45) is 0 Å². The third-order valence-electron chi connectivity index (χ3n) is 4.01. The van der Waals surface area contributed by atoms with Gasteiger partial charge in [-0.3, -0.25) is 4.90 Å². The minimum Gasteiger partial charge on any atom is -0.382 e. The molecule has 0 aromatic carbocycles. The Morgan fingerprint density at radius 2 is 2.33 bits per heavy atom. The highest BCUT2D eigenvalue weighted by atomic mass is 16.3. The predicted molar refractivity (Wildman–Crippen MR) is 77.4 cm³/mol. The molecule has 114 valence electrons. The number of rotatable bonds is 4. The van der Waals surface area contributed by atoms with Gasteiger partial charge >= 0.3 is 0 Å². The normalized spacial score (nSPS) is 23.8. The summed E-state index contributed by atoms with van der Waals surface area (Å²) in [6, 6.07) is 0.250. The summed E-state index contributed by atoms with van der Waals surface area (Å²) in [5.41, 5.74) is 0.821. The van der Waals surface area contributed by atoms with Crippen LogP contribution in [0, 0.1) is 0 Å². The maximum atomic E-state index is 11.0. The Morgan fingerprint density at radius 1 is 1.48 bits per heavy atom. The fourth-order valence-corrected chi connectivity index (χ4v) is 2.82. The molecule has 2 aromatic heterocycles. The van der Waals surface area contributed by atoms with Gasteiger partial charge in [-0.15, -0.1) is 5.10 Å². The molecule has 3 rings (SSSR count). The Kier molecular flexibility index (Phi) is 3.77. The first-order valence-electron chi connectivity index (χ1n) is 7.41. The van der Waals surface area contributed by atoms with E-state index >= 15 is 0 Å². The van der Waals surface area contributed by atoms with Crippen LogP contribution >= 0.6 is 0 Å². The largest absolute Gasteiger partial charge is 0.382 e. The van der Waals surface area contributed by atoms with Crippen molar-refractivity contribution in [3.05, 3.63) is 30.1 Å². The van der Waals surface area contributed by atoms with Crippen LogP contribution in [-0.4, -0.2) is 48.1 Å². The SMILES string of the molecule is CC(C)n1cc([C@@]2(O)CCCN(Cc3cnc[nH]3)C2)nn1. The van der Waals surface area contributed by atoms with Crippen molar-refractivity contribution in [1.82, 2.24) is 29.9 Å². The van der Waals surface area contributed by atoms with Crippen LogP contribution in [0.25, 0.3) is 0 Å². The number of piperidine rings is 1. The van der Waals surface area contributed by atoms with E-state index in [1.165, 1.54) is 0 Å². The molecule has 1 saturated heterocycles. The molecule has 0 saturated carbocycles. The molecule has 0 unspecified atom stereocenters. The van der Waals surface area contributed by atoms with Gasteiger partial charge in [-0.25, -0.2) is 9.67 Å². The molecule has 0 bridgehead atoms. The molecule has 7 heteroatoms. The topological polar surface area (TPSA) is 82.9 Å². The maximum absolute atomic E-state index is 11.0. The number of nitrogens with one attached hydrogen (secondary N) is 1. The number of likely N-dealkylation sites (tertiary alicyclic amines) is 1. The van der Waals surface area contributed by atoms with Gasteiger partial charge in [0, 0.05) is 31.0 Å². The van der Waals surface area contributed by atoms with Gasteiger partial charge in [-0.05, 0) is 33.2 Å². The highest BCUT2D eigenvalue weighted by molar-refractivity contribution is 5.10. The Bertz CT molecular complexity index is 578. The number of nitrogens with zero attached hydrogens (tertiary/aromatic N) is 5. The van der Waals surface area contributed by atoms with Gasteiger partial charge in [0.2, 0.25) is 0 Å². The van der Waals surface area contributed by atoms with Gasteiger partial charge in [0.25, 0.3) is 0 Å². The van der Waals surface area contributed by atoms with E-state index < -0.39 is 5.60 Å². The van der Waals surface area contributed by atoms with Crippen molar-refractivity contribution in [2.45, 2.75) is 44.9 Å². The van der Waals surface area contributed by atoms with Crippen molar-refractivity contribution in [3.8, 4) is 0 Å². The molecule has 0 radical (unpaired) electrons. The van der Waals surface area contributed by atoms with E-state index in [4.69, 9.17) is 0 Å². The van der Waals surface area contributed by atoms with Crippen molar-refractivity contribution < 1.29 is 5.11 Å². The highest BCUT2D eigenvalue weighted by Gasteiger charge is 2.37. The average Bonchev–Trinajstić information content (AvgIpc) is 3.09. The number of aromatic nitrogens is 5. The fourth-order valence-electron chi connectivity index (χ4n) is 2.82. The second-order valence-electron chi connectivity index (χ2n) is 6.10. The predicted octanol–water partition coefficient (Wildman–Crippen LogP) is 1.07. The van der Waals surface area contributed by atoms with Crippen molar-refractivity contribution >= 4 is 0 Å². The van der Waals surface area contributed by atoms with Crippen LogP contribution in [0.1, 0.15) is 44.1 Å². The van der Waals surface area contributed by atoms with Gasteiger partial charge in [-0.1, -0.05) is 5.21 Å². The Labute approximate surface area is 124 Å². The van der Waals surface area contributed by atoms with Crippen molar-refractivity contribution in [3.63, 3.8) is 0 Å². The molecule has 0 aliphatic carbocycles. The lowest BCUT2D eigenvalue weighted by atomic mass is 9.90. The van der Waals surface area contributed by atoms with Gasteiger partial charge in [0.05, 0.1) is 12.5 Å². The summed E-state index contributed by atoms with van der Waals surface area (Å²) in [7, 11) is 0. The zero-order chi connectivity index (χ0) is 14.9. The first-order valence-corrected chi connectivity index (χ1v) is 7.41. The van der Waals surface area contributed by atoms with E-state index in [0.29, 0.717) is 12.2 Å². The van der Waals surface area contributed by atoms with Crippen LogP contribution in [0.15, 0.2) is 18.7 Å². The first-order chi connectivity index (χ1) is 10.1. The molecule has 1 atom stereocenters. The summed E-state index contributed by atoms with van der Waals surface area (Å²) in [6.07, 6.45) is 7.04. The van der Waals surface area contributed by atoms with Crippen LogP contribution in [-0.2, 0) is 12.1 Å². The summed E-state index contributed by atoms with van der Waals surface area (Å²) in [6.45, 7) is 6.41. The summed E-state index contributed by atoms with van der Waals surface area (Å²) >= 11 is 0. The second kappa shape index (κ2) is 5.57. The van der Waals surface area contributed by atoms with E-state index in [1.54, 1.807) is 11.0 Å².